The number of carbonyl (C=O) groups is 1. The fraction of sp³-hybridized carbons (Fsp3) is 0.130. The van der Waals surface area contributed by atoms with Gasteiger partial charge in [0.25, 0.3) is 5.91 Å². The third-order valence-corrected chi connectivity index (χ3v) is 5.12. The number of imidazole rings is 1. The molecule has 2 N–H and O–H groups in total. The van der Waals surface area contributed by atoms with E-state index in [1.54, 1.807) is 0 Å². The van der Waals surface area contributed by atoms with Gasteiger partial charge in [-0.25, -0.2) is 4.98 Å². The molecule has 0 atom stereocenters. The van der Waals surface area contributed by atoms with Gasteiger partial charge in [-0.1, -0.05) is 48.5 Å². The maximum Gasteiger partial charge on any atom is 0.287 e. The Morgan fingerprint density at radius 2 is 1.86 bits per heavy atom. The van der Waals surface area contributed by atoms with Crippen LogP contribution >= 0.6 is 0 Å². The van der Waals surface area contributed by atoms with E-state index in [1.165, 1.54) is 0 Å². The van der Waals surface area contributed by atoms with Crippen LogP contribution in [0.3, 0.4) is 0 Å². The molecular formula is C23H19N3O2. The summed E-state index contributed by atoms with van der Waals surface area (Å²) in [5, 5.41) is 6.04. The second kappa shape index (κ2) is 6.53. The number of furan rings is 1. The van der Waals surface area contributed by atoms with Crippen LogP contribution in [-0.2, 0) is 6.42 Å². The summed E-state index contributed by atoms with van der Waals surface area (Å²) in [4.78, 5) is 20.5. The molecule has 2 heterocycles. The minimum Gasteiger partial charge on any atom is -0.450 e. The number of para-hydroxylation sites is 2. The second-order valence-electron chi connectivity index (χ2n) is 6.93. The van der Waals surface area contributed by atoms with Crippen LogP contribution in [0.5, 0.6) is 0 Å². The van der Waals surface area contributed by atoms with Crippen LogP contribution in [-0.4, -0.2) is 22.4 Å². The summed E-state index contributed by atoms with van der Waals surface area (Å²) in [6.07, 6.45) is 0.628. The number of hydrogen-bond acceptors (Lipinski definition) is 3. The van der Waals surface area contributed by atoms with Crippen LogP contribution in [0.15, 0.2) is 65.1 Å². The molecule has 2 aromatic heterocycles. The molecule has 138 valence electrons. The highest BCUT2D eigenvalue weighted by Crippen LogP contribution is 2.31. The third kappa shape index (κ3) is 2.72. The molecule has 0 aliphatic heterocycles. The normalized spacial score (nSPS) is 11.5. The number of hydrogen-bond donors (Lipinski definition) is 2. The number of carbonyl (C=O) groups excluding carboxylic acids is 1. The largest absolute Gasteiger partial charge is 0.450 e. The predicted octanol–water partition coefficient (Wildman–Crippen LogP) is 4.74. The minimum atomic E-state index is -0.200. The van der Waals surface area contributed by atoms with Crippen molar-refractivity contribution in [3.63, 3.8) is 0 Å². The van der Waals surface area contributed by atoms with Gasteiger partial charge in [-0.3, -0.25) is 4.79 Å². The Kier molecular flexibility index (Phi) is 3.86. The number of aryl methyl sites for hydroxylation is 1. The zero-order valence-corrected chi connectivity index (χ0v) is 15.5. The Hall–Kier alpha value is -3.60. The lowest BCUT2D eigenvalue weighted by molar-refractivity contribution is 0.0928. The predicted molar refractivity (Wildman–Crippen MR) is 111 cm³/mol. The second-order valence-corrected chi connectivity index (χ2v) is 6.93. The summed E-state index contributed by atoms with van der Waals surface area (Å²) in [6.45, 7) is 2.41. The number of rotatable bonds is 4. The van der Waals surface area contributed by atoms with E-state index in [4.69, 9.17) is 4.42 Å². The molecule has 0 radical (unpaired) electrons. The van der Waals surface area contributed by atoms with Gasteiger partial charge < -0.3 is 14.7 Å². The van der Waals surface area contributed by atoms with Gasteiger partial charge in [-0.05, 0) is 24.4 Å². The Labute approximate surface area is 161 Å². The van der Waals surface area contributed by atoms with Gasteiger partial charge in [0.1, 0.15) is 11.4 Å². The Morgan fingerprint density at radius 3 is 2.75 bits per heavy atom. The van der Waals surface area contributed by atoms with Crippen LogP contribution in [0.2, 0.25) is 0 Å². The molecule has 0 bridgehead atoms. The summed E-state index contributed by atoms with van der Waals surface area (Å²) in [5.74, 6) is 1.03. The van der Waals surface area contributed by atoms with Gasteiger partial charge >= 0.3 is 0 Å². The van der Waals surface area contributed by atoms with Gasteiger partial charge in [0, 0.05) is 29.3 Å². The first-order chi connectivity index (χ1) is 13.7. The van der Waals surface area contributed by atoms with E-state index in [-0.39, 0.29) is 5.91 Å². The zero-order chi connectivity index (χ0) is 19.1. The van der Waals surface area contributed by atoms with Crippen molar-refractivity contribution in [3.05, 3.63) is 77.8 Å². The Bertz CT molecular complexity index is 1300. The molecule has 0 saturated heterocycles. The molecule has 1 amide bonds. The lowest BCUT2D eigenvalue weighted by Crippen LogP contribution is -2.26. The summed E-state index contributed by atoms with van der Waals surface area (Å²) in [6, 6.07) is 20.0. The molecule has 3 aromatic carbocycles. The lowest BCUT2D eigenvalue weighted by atomic mass is 10.1. The lowest BCUT2D eigenvalue weighted by Gasteiger charge is -2.02. The van der Waals surface area contributed by atoms with E-state index in [0.29, 0.717) is 18.7 Å². The van der Waals surface area contributed by atoms with Crippen molar-refractivity contribution in [3.8, 4) is 0 Å². The SMILES string of the molecule is Cc1c(C(=O)NCCc2nc3ccccc3[nH]2)oc2c1ccc1ccccc12. The smallest absolute Gasteiger partial charge is 0.287 e. The average molecular weight is 369 g/mol. The van der Waals surface area contributed by atoms with Gasteiger partial charge in [0.2, 0.25) is 0 Å². The Balaban J connectivity index is 1.36. The van der Waals surface area contributed by atoms with E-state index < -0.39 is 0 Å². The topological polar surface area (TPSA) is 70.9 Å². The number of H-pyrrole nitrogens is 1. The standard InChI is InChI=1S/C23H19N3O2/c1-14-16-11-10-15-6-2-3-7-17(15)22(16)28-21(14)23(27)24-13-12-20-25-18-8-4-5-9-19(18)26-20/h2-11H,12-13H2,1H3,(H,24,27)(H,25,26). The van der Waals surface area contributed by atoms with Gasteiger partial charge in [-0.2, -0.15) is 0 Å². The molecule has 0 saturated carbocycles. The first-order valence-corrected chi connectivity index (χ1v) is 9.33. The van der Waals surface area contributed by atoms with Crippen molar-refractivity contribution in [2.45, 2.75) is 13.3 Å². The number of benzene rings is 3. The molecule has 0 spiro atoms. The highest BCUT2D eigenvalue weighted by Gasteiger charge is 2.18. The summed E-state index contributed by atoms with van der Waals surface area (Å²) >= 11 is 0. The fourth-order valence-corrected chi connectivity index (χ4v) is 3.66. The van der Waals surface area contributed by atoms with Crippen molar-refractivity contribution in [2.24, 2.45) is 0 Å². The molecule has 5 heteroatoms. The molecule has 0 fully saturated rings. The van der Waals surface area contributed by atoms with Crippen LogP contribution in [0.1, 0.15) is 21.9 Å². The van der Waals surface area contributed by atoms with Crippen molar-refractivity contribution < 1.29 is 9.21 Å². The van der Waals surface area contributed by atoms with Crippen molar-refractivity contribution in [1.29, 1.82) is 0 Å². The van der Waals surface area contributed by atoms with E-state index in [2.05, 4.69) is 21.4 Å². The third-order valence-electron chi connectivity index (χ3n) is 5.12. The number of nitrogens with zero attached hydrogens (tertiary/aromatic N) is 1. The van der Waals surface area contributed by atoms with E-state index in [1.807, 2.05) is 61.5 Å². The maximum absolute atomic E-state index is 12.7. The monoisotopic (exact) mass is 369 g/mol. The average Bonchev–Trinajstić information content (AvgIpc) is 3.28. The molecular weight excluding hydrogens is 350 g/mol. The van der Waals surface area contributed by atoms with Crippen LogP contribution < -0.4 is 5.32 Å². The van der Waals surface area contributed by atoms with Gasteiger partial charge in [0.15, 0.2) is 5.76 Å². The number of aromatic amines is 1. The van der Waals surface area contributed by atoms with Crippen LogP contribution in [0.25, 0.3) is 32.8 Å². The fourth-order valence-electron chi connectivity index (χ4n) is 3.66. The molecule has 5 nitrogen and oxygen atoms in total. The van der Waals surface area contributed by atoms with Gasteiger partial charge in [0.05, 0.1) is 11.0 Å². The summed E-state index contributed by atoms with van der Waals surface area (Å²) in [5.41, 5.74) is 3.56. The number of aromatic nitrogens is 2. The number of amides is 1. The van der Waals surface area contributed by atoms with E-state index >= 15 is 0 Å². The molecule has 0 unspecified atom stereocenters. The number of fused-ring (bicyclic) bond motifs is 4. The van der Waals surface area contributed by atoms with E-state index in [9.17, 15) is 4.79 Å². The highest BCUT2D eigenvalue weighted by atomic mass is 16.3. The van der Waals surface area contributed by atoms with Gasteiger partial charge in [-0.15, -0.1) is 0 Å². The minimum absolute atomic E-state index is 0.200. The molecule has 28 heavy (non-hydrogen) atoms. The van der Waals surface area contributed by atoms with Crippen LogP contribution in [0.4, 0.5) is 0 Å². The first-order valence-electron chi connectivity index (χ1n) is 9.33. The van der Waals surface area contributed by atoms with Crippen LogP contribution in [0, 0.1) is 6.92 Å². The van der Waals surface area contributed by atoms with Crippen molar-refractivity contribution >= 4 is 38.7 Å². The highest BCUT2D eigenvalue weighted by molar-refractivity contribution is 6.08. The quantitative estimate of drug-likeness (QED) is 0.480. The number of nitrogens with one attached hydrogen (secondary N) is 2. The van der Waals surface area contributed by atoms with Crippen molar-refractivity contribution in [1.82, 2.24) is 15.3 Å². The molecule has 0 aliphatic carbocycles. The molecule has 5 rings (SSSR count). The first kappa shape index (κ1) is 16.6. The van der Waals surface area contributed by atoms with E-state index in [0.717, 1.165) is 44.2 Å². The zero-order valence-electron chi connectivity index (χ0n) is 15.5. The molecule has 0 aliphatic rings. The van der Waals surface area contributed by atoms with Crippen molar-refractivity contribution in [2.75, 3.05) is 6.54 Å². The maximum atomic E-state index is 12.7. The summed E-state index contributed by atoms with van der Waals surface area (Å²) in [7, 11) is 0. The molecule has 5 aromatic rings. The Morgan fingerprint density at radius 1 is 1.04 bits per heavy atom. The summed E-state index contributed by atoms with van der Waals surface area (Å²) < 4.78 is 5.99.